The van der Waals surface area contributed by atoms with E-state index in [9.17, 15) is 9.59 Å². The minimum absolute atomic E-state index is 0.0331. The van der Waals surface area contributed by atoms with Gasteiger partial charge in [0.05, 0.1) is 0 Å². The molecule has 0 heterocycles. The van der Waals surface area contributed by atoms with Gasteiger partial charge in [-0.1, -0.05) is 13.8 Å². The maximum absolute atomic E-state index is 11.4. The number of hydrogen-bond acceptors (Lipinski definition) is 4. The van der Waals surface area contributed by atoms with E-state index >= 15 is 0 Å². The normalized spacial score (nSPS) is 12.5. The van der Waals surface area contributed by atoms with E-state index in [1.165, 1.54) is 0 Å². The zero-order valence-corrected chi connectivity index (χ0v) is 10.4. The second kappa shape index (κ2) is 8.95. The van der Waals surface area contributed by atoms with Crippen molar-refractivity contribution in [1.82, 2.24) is 10.6 Å². The highest BCUT2D eigenvalue weighted by Gasteiger charge is 2.18. The summed E-state index contributed by atoms with van der Waals surface area (Å²) in [5.74, 6) is -1.41. The maximum atomic E-state index is 11.4. The Balaban J connectivity index is 3.78. The van der Waals surface area contributed by atoms with Crippen LogP contribution in [-0.2, 0) is 9.59 Å². The summed E-state index contributed by atoms with van der Waals surface area (Å²) in [5, 5.41) is 23.0. The molecule has 100 valence electrons. The van der Waals surface area contributed by atoms with Crippen LogP contribution in [0.15, 0.2) is 0 Å². The molecule has 0 rings (SSSR count). The first-order chi connectivity index (χ1) is 7.97. The first-order valence-electron chi connectivity index (χ1n) is 5.83. The molecule has 0 aromatic carbocycles. The van der Waals surface area contributed by atoms with Crippen LogP contribution in [0.3, 0.4) is 0 Å². The monoisotopic (exact) mass is 246 g/mol. The molecular formula is C11H22N2O4. The number of aliphatic hydroxyl groups excluding tert-OH is 1. The van der Waals surface area contributed by atoms with Gasteiger partial charge in [0.1, 0.15) is 6.04 Å². The summed E-state index contributed by atoms with van der Waals surface area (Å²) in [4.78, 5) is 22.1. The third-order valence-corrected chi connectivity index (χ3v) is 2.18. The van der Waals surface area contributed by atoms with Gasteiger partial charge in [-0.05, 0) is 13.0 Å². The van der Waals surface area contributed by atoms with Crippen molar-refractivity contribution in [3.05, 3.63) is 0 Å². The second-order valence-corrected chi connectivity index (χ2v) is 4.18. The van der Waals surface area contributed by atoms with Crippen LogP contribution in [0.5, 0.6) is 0 Å². The minimum Gasteiger partial charge on any atom is -0.480 e. The molecule has 0 radical (unpaired) electrons. The highest BCUT2D eigenvalue weighted by molar-refractivity contribution is 5.83. The molecule has 0 unspecified atom stereocenters. The topological polar surface area (TPSA) is 98.7 Å². The molecule has 0 aromatic heterocycles. The SMILES string of the molecule is CC(C)NCCCC(=O)N[C@H](CCO)C(=O)O. The van der Waals surface area contributed by atoms with E-state index in [0.717, 1.165) is 6.54 Å². The fourth-order valence-electron chi connectivity index (χ4n) is 1.29. The van der Waals surface area contributed by atoms with Gasteiger partial charge in [-0.25, -0.2) is 4.79 Å². The van der Waals surface area contributed by atoms with Crippen LogP contribution in [0.2, 0.25) is 0 Å². The van der Waals surface area contributed by atoms with Gasteiger partial charge >= 0.3 is 5.97 Å². The molecule has 0 aliphatic rings. The van der Waals surface area contributed by atoms with E-state index in [4.69, 9.17) is 10.2 Å². The smallest absolute Gasteiger partial charge is 0.326 e. The van der Waals surface area contributed by atoms with E-state index < -0.39 is 12.0 Å². The average molecular weight is 246 g/mol. The van der Waals surface area contributed by atoms with Crippen LogP contribution in [0, 0.1) is 0 Å². The molecule has 0 aromatic rings. The lowest BCUT2D eigenvalue weighted by Gasteiger charge is -2.13. The summed E-state index contributed by atoms with van der Waals surface area (Å²) in [5.41, 5.74) is 0. The number of carboxylic acid groups (broad SMARTS) is 1. The van der Waals surface area contributed by atoms with Crippen molar-refractivity contribution in [2.24, 2.45) is 0 Å². The van der Waals surface area contributed by atoms with Crippen molar-refractivity contribution in [1.29, 1.82) is 0 Å². The zero-order valence-electron chi connectivity index (χ0n) is 10.4. The molecular weight excluding hydrogens is 224 g/mol. The number of aliphatic hydroxyl groups is 1. The molecule has 0 aliphatic heterocycles. The standard InChI is InChI=1S/C11H22N2O4/c1-8(2)12-6-3-4-10(15)13-9(5-7-14)11(16)17/h8-9,12,14H,3-7H2,1-2H3,(H,13,15)(H,16,17)/t9-/m1/s1. The van der Waals surface area contributed by atoms with Gasteiger partial charge in [0, 0.05) is 25.5 Å². The molecule has 0 saturated heterocycles. The predicted molar refractivity (Wildman–Crippen MR) is 63.6 cm³/mol. The molecule has 0 aliphatic carbocycles. The number of aliphatic carboxylic acids is 1. The molecule has 4 N–H and O–H groups in total. The van der Waals surface area contributed by atoms with Crippen molar-refractivity contribution >= 4 is 11.9 Å². The highest BCUT2D eigenvalue weighted by atomic mass is 16.4. The fourth-order valence-corrected chi connectivity index (χ4v) is 1.29. The Kier molecular flexibility index (Phi) is 8.35. The first-order valence-corrected chi connectivity index (χ1v) is 5.83. The number of carboxylic acids is 1. The van der Waals surface area contributed by atoms with Gasteiger partial charge in [-0.3, -0.25) is 4.79 Å². The molecule has 0 fully saturated rings. The van der Waals surface area contributed by atoms with Gasteiger partial charge < -0.3 is 20.8 Å². The first kappa shape index (κ1) is 15.9. The van der Waals surface area contributed by atoms with Crippen molar-refractivity contribution < 1.29 is 19.8 Å². The molecule has 0 bridgehead atoms. The number of nitrogens with one attached hydrogen (secondary N) is 2. The van der Waals surface area contributed by atoms with Crippen LogP contribution >= 0.6 is 0 Å². The Hall–Kier alpha value is -1.14. The Morgan fingerprint density at radius 1 is 1.29 bits per heavy atom. The lowest BCUT2D eigenvalue weighted by atomic mass is 10.2. The largest absolute Gasteiger partial charge is 0.480 e. The Morgan fingerprint density at radius 2 is 1.94 bits per heavy atom. The number of carbonyl (C=O) groups excluding carboxylic acids is 1. The van der Waals surface area contributed by atoms with Gasteiger partial charge in [-0.2, -0.15) is 0 Å². The average Bonchev–Trinajstić information content (AvgIpc) is 2.23. The zero-order chi connectivity index (χ0) is 13.3. The van der Waals surface area contributed by atoms with E-state index in [1.54, 1.807) is 0 Å². The summed E-state index contributed by atoms with van der Waals surface area (Å²) in [6.45, 7) is 4.50. The molecule has 17 heavy (non-hydrogen) atoms. The van der Waals surface area contributed by atoms with Gasteiger partial charge in [-0.15, -0.1) is 0 Å². The third kappa shape index (κ3) is 8.65. The summed E-state index contributed by atoms with van der Waals surface area (Å²) in [6.07, 6.45) is 0.982. The Labute approximate surface area is 101 Å². The molecule has 6 heteroatoms. The lowest BCUT2D eigenvalue weighted by Crippen LogP contribution is -2.41. The van der Waals surface area contributed by atoms with E-state index in [-0.39, 0.29) is 25.4 Å². The van der Waals surface area contributed by atoms with Crippen molar-refractivity contribution in [3.8, 4) is 0 Å². The van der Waals surface area contributed by atoms with Crippen molar-refractivity contribution in [3.63, 3.8) is 0 Å². The number of amides is 1. The fraction of sp³-hybridized carbons (Fsp3) is 0.818. The Morgan fingerprint density at radius 3 is 2.41 bits per heavy atom. The third-order valence-electron chi connectivity index (χ3n) is 2.18. The van der Waals surface area contributed by atoms with Crippen LogP contribution in [-0.4, -0.2) is 47.3 Å². The van der Waals surface area contributed by atoms with Crippen molar-refractivity contribution in [2.45, 2.75) is 45.2 Å². The minimum atomic E-state index is -1.12. The van der Waals surface area contributed by atoms with E-state index in [2.05, 4.69) is 10.6 Å². The van der Waals surface area contributed by atoms with E-state index in [0.29, 0.717) is 12.5 Å². The van der Waals surface area contributed by atoms with Gasteiger partial charge in [0.2, 0.25) is 5.91 Å². The second-order valence-electron chi connectivity index (χ2n) is 4.18. The summed E-state index contributed by atoms with van der Waals surface area (Å²) < 4.78 is 0. The Bertz CT molecular complexity index is 244. The summed E-state index contributed by atoms with van der Waals surface area (Å²) in [6, 6.07) is -0.621. The molecule has 6 nitrogen and oxygen atoms in total. The maximum Gasteiger partial charge on any atom is 0.326 e. The van der Waals surface area contributed by atoms with Gasteiger partial charge in [0.15, 0.2) is 0 Å². The van der Waals surface area contributed by atoms with Crippen LogP contribution in [0.4, 0.5) is 0 Å². The summed E-state index contributed by atoms with van der Waals surface area (Å²) in [7, 11) is 0. The van der Waals surface area contributed by atoms with Crippen LogP contribution in [0.1, 0.15) is 33.1 Å². The molecule has 1 atom stereocenters. The lowest BCUT2D eigenvalue weighted by molar-refractivity contribution is -0.142. The van der Waals surface area contributed by atoms with Crippen LogP contribution < -0.4 is 10.6 Å². The quantitative estimate of drug-likeness (QED) is 0.419. The predicted octanol–water partition coefficient (Wildman–Crippen LogP) is -0.284. The van der Waals surface area contributed by atoms with Crippen LogP contribution in [0.25, 0.3) is 0 Å². The summed E-state index contributed by atoms with van der Waals surface area (Å²) >= 11 is 0. The molecule has 0 saturated carbocycles. The highest BCUT2D eigenvalue weighted by Crippen LogP contribution is 1.95. The van der Waals surface area contributed by atoms with E-state index in [1.807, 2.05) is 13.8 Å². The number of hydrogen-bond donors (Lipinski definition) is 4. The molecule has 1 amide bonds. The van der Waals surface area contributed by atoms with Crippen molar-refractivity contribution in [2.75, 3.05) is 13.2 Å². The molecule has 0 spiro atoms. The van der Waals surface area contributed by atoms with Gasteiger partial charge in [0.25, 0.3) is 0 Å². The number of rotatable bonds is 9. The number of carbonyl (C=O) groups is 2.